The van der Waals surface area contributed by atoms with Crippen LogP contribution >= 0.6 is 11.6 Å². The van der Waals surface area contributed by atoms with Gasteiger partial charge in [-0.25, -0.2) is 0 Å². The molecule has 4 aromatic carbocycles. The predicted molar refractivity (Wildman–Crippen MR) is 141 cm³/mol. The largest absolute Gasteiger partial charge is 0.505 e. The summed E-state index contributed by atoms with van der Waals surface area (Å²) in [5, 5.41) is 22.8. The lowest BCUT2D eigenvalue weighted by Crippen LogP contribution is -2.12. The lowest BCUT2D eigenvalue weighted by Gasteiger charge is -2.12. The molecule has 0 aromatic heterocycles. The third-order valence-corrected chi connectivity index (χ3v) is 6.98. The summed E-state index contributed by atoms with van der Waals surface area (Å²) in [6, 6.07) is 18.0. The SMILES string of the molecule is CCc1cc(N=Nc2c(O)c(C(=O)Nc3cccc(OC)c3)cc3ccccc23)c(Cl)c(S(=O)(=O)O)c1. The Morgan fingerprint density at radius 2 is 1.81 bits per heavy atom. The number of nitrogens with one attached hydrogen (secondary N) is 1. The van der Waals surface area contributed by atoms with Crippen LogP contribution in [0.2, 0.25) is 5.02 Å². The highest BCUT2D eigenvalue weighted by Crippen LogP contribution is 2.41. The first-order chi connectivity index (χ1) is 17.6. The number of amides is 1. The van der Waals surface area contributed by atoms with Crippen molar-refractivity contribution in [2.45, 2.75) is 18.2 Å². The fourth-order valence-electron chi connectivity index (χ4n) is 3.70. The zero-order valence-electron chi connectivity index (χ0n) is 19.8. The number of aromatic hydroxyl groups is 1. The van der Waals surface area contributed by atoms with Gasteiger partial charge in [-0.15, -0.1) is 10.2 Å². The maximum atomic E-state index is 13.1. The molecule has 0 bridgehead atoms. The standard InChI is InChI=1S/C26H22ClN3O6S/c1-3-15-11-21(23(27)22(12-15)37(33,34)35)29-30-24-19-10-5-4-7-16(19)13-20(25(24)31)26(32)28-17-8-6-9-18(14-17)36-2/h4-14,31H,3H2,1-2H3,(H,28,32)(H,33,34,35). The van der Waals surface area contributed by atoms with Crippen molar-refractivity contribution in [3.05, 3.63) is 82.9 Å². The smallest absolute Gasteiger partial charge is 0.296 e. The van der Waals surface area contributed by atoms with E-state index in [2.05, 4.69) is 15.5 Å². The van der Waals surface area contributed by atoms with E-state index in [9.17, 15) is 22.9 Å². The average molecular weight is 540 g/mol. The Labute approximate surface area is 218 Å². The van der Waals surface area contributed by atoms with E-state index >= 15 is 0 Å². The predicted octanol–water partition coefficient (Wildman–Crippen LogP) is 6.68. The maximum absolute atomic E-state index is 13.1. The second kappa shape index (κ2) is 10.6. The monoisotopic (exact) mass is 539 g/mol. The number of rotatable bonds is 7. The molecule has 1 amide bonds. The van der Waals surface area contributed by atoms with E-state index in [1.54, 1.807) is 55.5 Å². The lowest BCUT2D eigenvalue weighted by atomic mass is 10.0. The van der Waals surface area contributed by atoms with Gasteiger partial charge in [0.15, 0.2) is 5.75 Å². The van der Waals surface area contributed by atoms with Gasteiger partial charge >= 0.3 is 0 Å². The Morgan fingerprint density at radius 1 is 1.05 bits per heavy atom. The molecule has 0 spiro atoms. The minimum atomic E-state index is -4.61. The molecule has 190 valence electrons. The van der Waals surface area contributed by atoms with E-state index in [0.29, 0.717) is 34.2 Å². The first kappa shape index (κ1) is 26.1. The zero-order valence-corrected chi connectivity index (χ0v) is 21.3. The fraction of sp³-hybridized carbons (Fsp3) is 0.115. The summed E-state index contributed by atoms with van der Waals surface area (Å²) in [5.41, 5.74) is 0.915. The number of halogens is 1. The zero-order chi connectivity index (χ0) is 26.7. The molecular weight excluding hydrogens is 518 g/mol. The number of phenols is 1. The molecule has 0 aliphatic carbocycles. The maximum Gasteiger partial charge on any atom is 0.296 e. The van der Waals surface area contributed by atoms with Gasteiger partial charge in [-0.05, 0) is 47.7 Å². The molecule has 0 heterocycles. The van der Waals surface area contributed by atoms with Gasteiger partial charge in [0, 0.05) is 17.1 Å². The molecular formula is C26H22ClN3O6S. The van der Waals surface area contributed by atoms with Crippen LogP contribution < -0.4 is 10.1 Å². The number of carbonyl (C=O) groups excluding carboxylic acids is 1. The minimum absolute atomic E-state index is 0.0136. The van der Waals surface area contributed by atoms with Crippen LogP contribution in [0.25, 0.3) is 10.8 Å². The molecule has 0 fully saturated rings. The van der Waals surface area contributed by atoms with Gasteiger partial charge in [0.1, 0.15) is 22.0 Å². The van der Waals surface area contributed by atoms with Crippen LogP contribution in [-0.4, -0.2) is 31.1 Å². The summed E-state index contributed by atoms with van der Waals surface area (Å²) in [4.78, 5) is 12.6. The van der Waals surface area contributed by atoms with Crippen LogP contribution in [0, 0.1) is 0 Å². The Balaban J connectivity index is 1.82. The third kappa shape index (κ3) is 5.56. The number of phenolic OH excluding ortho intramolecular Hbond substituents is 1. The van der Waals surface area contributed by atoms with Crippen molar-refractivity contribution < 1.29 is 27.6 Å². The summed E-state index contributed by atoms with van der Waals surface area (Å²) in [7, 11) is -3.10. The Hall–Kier alpha value is -3.99. The van der Waals surface area contributed by atoms with Gasteiger partial charge in [0.2, 0.25) is 0 Å². The number of hydrogen-bond acceptors (Lipinski definition) is 7. The molecule has 0 radical (unpaired) electrons. The van der Waals surface area contributed by atoms with Crippen LogP contribution in [0.5, 0.6) is 11.5 Å². The second-order valence-corrected chi connectivity index (χ2v) is 9.75. The number of anilines is 1. The number of nitrogens with zero attached hydrogens (tertiary/aromatic N) is 2. The summed E-state index contributed by atoms with van der Waals surface area (Å²) >= 11 is 6.21. The molecule has 0 saturated carbocycles. The Kier molecular flexibility index (Phi) is 7.44. The summed E-state index contributed by atoms with van der Waals surface area (Å²) in [6.45, 7) is 1.79. The van der Waals surface area contributed by atoms with E-state index in [0.717, 1.165) is 0 Å². The minimum Gasteiger partial charge on any atom is -0.505 e. The highest BCUT2D eigenvalue weighted by Gasteiger charge is 2.21. The molecule has 4 rings (SSSR count). The number of aryl methyl sites for hydroxylation is 1. The highest BCUT2D eigenvalue weighted by atomic mass is 35.5. The van der Waals surface area contributed by atoms with Crippen LogP contribution in [0.4, 0.5) is 17.1 Å². The van der Waals surface area contributed by atoms with Crippen molar-refractivity contribution in [1.82, 2.24) is 0 Å². The Morgan fingerprint density at radius 3 is 2.51 bits per heavy atom. The summed E-state index contributed by atoms with van der Waals surface area (Å²) in [5.74, 6) is -0.473. The van der Waals surface area contributed by atoms with Crippen molar-refractivity contribution >= 4 is 55.5 Å². The van der Waals surface area contributed by atoms with Gasteiger partial charge in [-0.1, -0.05) is 48.9 Å². The van der Waals surface area contributed by atoms with E-state index in [4.69, 9.17) is 16.3 Å². The topological polar surface area (TPSA) is 138 Å². The van der Waals surface area contributed by atoms with Crippen molar-refractivity contribution in [2.75, 3.05) is 12.4 Å². The van der Waals surface area contributed by atoms with Crippen molar-refractivity contribution in [3.8, 4) is 11.5 Å². The van der Waals surface area contributed by atoms with E-state index in [1.807, 2.05) is 0 Å². The number of benzene rings is 4. The van der Waals surface area contributed by atoms with Gasteiger partial charge in [0.05, 0.1) is 17.7 Å². The molecule has 4 aromatic rings. The molecule has 0 aliphatic heterocycles. The number of ether oxygens (including phenoxy) is 1. The number of carbonyl (C=O) groups is 1. The van der Waals surface area contributed by atoms with Crippen LogP contribution in [0.1, 0.15) is 22.8 Å². The van der Waals surface area contributed by atoms with Crippen LogP contribution in [0.3, 0.4) is 0 Å². The molecule has 0 aliphatic rings. The van der Waals surface area contributed by atoms with Crippen molar-refractivity contribution in [3.63, 3.8) is 0 Å². The highest BCUT2D eigenvalue weighted by molar-refractivity contribution is 7.86. The quantitative estimate of drug-likeness (QED) is 0.177. The number of azo groups is 1. The molecule has 11 heteroatoms. The third-order valence-electron chi connectivity index (χ3n) is 5.59. The molecule has 9 nitrogen and oxygen atoms in total. The molecule has 3 N–H and O–H groups in total. The summed E-state index contributed by atoms with van der Waals surface area (Å²) in [6.07, 6.45) is 0.441. The number of hydrogen-bond donors (Lipinski definition) is 3. The summed E-state index contributed by atoms with van der Waals surface area (Å²) < 4.78 is 38.3. The van der Waals surface area contributed by atoms with Gasteiger partial charge < -0.3 is 15.2 Å². The molecule has 0 unspecified atom stereocenters. The van der Waals surface area contributed by atoms with Gasteiger partial charge in [-0.2, -0.15) is 8.42 Å². The van der Waals surface area contributed by atoms with Crippen molar-refractivity contribution in [2.24, 2.45) is 10.2 Å². The molecule has 0 atom stereocenters. The van der Waals surface area contributed by atoms with E-state index in [1.165, 1.54) is 25.3 Å². The Bertz CT molecular complexity index is 1650. The van der Waals surface area contributed by atoms with E-state index < -0.39 is 26.7 Å². The first-order valence-electron chi connectivity index (χ1n) is 11.0. The average Bonchev–Trinajstić information content (AvgIpc) is 2.88. The number of fused-ring (bicyclic) bond motifs is 1. The number of methoxy groups -OCH3 is 1. The van der Waals surface area contributed by atoms with Crippen molar-refractivity contribution in [1.29, 1.82) is 0 Å². The fourth-order valence-corrected chi connectivity index (χ4v) is 4.77. The van der Waals surface area contributed by atoms with Gasteiger partial charge in [0.25, 0.3) is 16.0 Å². The van der Waals surface area contributed by atoms with E-state index in [-0.39, 0.29) is 22.0 Å². The van der Waals surface area contributed by atoms with Crippen LogP contribution in [0.15, 0.2) is 81.9 Å². The molecule has 37 heavy (non-hydrogen) atoms. The normalized spacial score (nSPS) is 11.7. The van der Waals surface area contributed by atoms with Crippen LogP contribution in [-0.2, 0) is 16.5 Å². The van der Waals surface area contributed by atoms with Gasteiger partial charge in [-0.3, -0.25) is 9.35 Å². The second-order valence-electron chi connectivity index (χ2n) is 7.98. The lowest BCUT2D eigenvalue weighted by molar-refractivity contribution is 0.102. The first-order valence-corrected chi connectivity index (χ1v) is 12.9. The molecule has 0 saturated heterocycles.